The van der Waals surface area contributed by atoms with Crippen molar-refractivity contribution >= 4 is 34.8 Å². The highest BCUT2D eigenvalue weighted by Gasteiger charge is 1.78. The third kappa shape index (κ3) is 50.8. The van der Waals surface area contributed by atoms with E-state index in [1.165, 1.54) is 19.3 Å². The molecule has 0 aliphatic rings. The monoisotopic (exact) mass is 190 g/mol. The molecule has 0 spiro atoms. The Morgan fingerprint density at radius 2 is 1.22 bits per heavy atom. The van der Waals surface area contributed by atoms with E-state index in [9.17, 15) is 0 Å². The zero-order valence-corrected chi connectivity index (χ0v) is 8.10. The Labute approximate surface area is 72.5 Å². The molecule has 0 bridgehead atoms. The lowest BCUT2D eigenvalue weighted by atomic mass is 10.3. The number of rotatable bonds is 2. The van der Waals surface area contributed by atoms with E-state index in [2.05, 4.69) is 13.8 Å². The molecule has 0 radical (unpaired) electrons. The number of halogens is 3. The summed E-state index contributed by atoms with van der Waals surface area (Å²) in [4.78, 5) is 0. The highest BCUT2D eigenvalue weighted by atomic mass is 35.6. The van der Waals surface area contributed by atoms with Crippen molar-refractivity contribution in [3.63, 3.8) is 0 Å². The summed E-state index contributed by atoms with van der Waals surface area (Å²) in [6.45, 7) is 4.42. The van der Waals surface area contributed by atoms with Crippen molar-refractivity contribution in [2.45, 2.75) is 37.4 Å². The first-order chi connectivity index (χ1) is 4.15. The lowest BCUT2D eigenvalue weighted by Gasteiger charge is -1.79. The lowest BCUT2D eigenvalue weighted by molar-refractivity contribution is 0.772. The SMILES string of the molecule is CCCCC.ClC(Cl)Cl. The molecule has 0 fully saturated rings. The van der Waals surface area contributed by atoms with Crippen LogP contribution in [0.3, 0.4) is 0 Å². The molecule has 0 saturated heterocycles. The van der Waals surface area contributed by atoms with E-state index in [0.29, 0.717) is 0 Å². The van der Waals surface area contributed by atoms with Gasteiger partial charge >= 0.3 is 0 Å². The Morgan fingerprint density at radius 1 is 1.00 bits per heavy atom. The fourth-order valence-corrected chi connectivity index (χ4v) is 0.354. The van der Waals surface area contributed by atoms with Gasteiger partial charge in [0.05, 0.1) is 0 Å². The van der Waals surface area contributed by atoms with Crippen molar-refractivity contribution in [3.05, 3.63) is 0 Å². The number of unbranched alkanes of at least 4 members (excludes halogenated alkanes) is 2. The van der Waals surface area contributed by atoms with Crippen LogP contribution < -0.4 is 0 Å². The summed E-state index contributed by atoms with van der Waals surface area (Å²) >= 11 is 14.4. The van der Waals surface area contributed by atoms with Crippen LogP contribution in [-0.2, 0) is 0 Å². The van der Waals surface area contributed by atoms with Crippen molar-refractivity contribution in [1.29, 1.82) is 0 Å². The van der Waals surface area contributed by atoms with Crippen molar-refractivity contribution in [2.24, 2.45) is 0 Å². The van der Waals surface area contributed by atoms with Crippen LogP contribution >= 0.6 is 34.8 Å². The zero-order chi connectivity index (χ0) is 7.70. The van der Waals surface area contributed by atoms with Crippen LogP contribution in [0.25, 0.3) is 0 Å². The molecule has 0 unspecified atom stereocenters. The molecule has 9 heavy (non-hydrogen) atoms. The molecule has 0 aliphatic heterocycles. The van der Waals surface area contributed by atoms with Gasteiger partial charge in [-0.15, -0.1) is 0 Å². The average molecular weight is 192 g/mol. The molecule has 0 rings (SSSR count). The first kappa shape index (κ1) is 12.5. The predicted molar refractivity (Wildman–Crippen MR) is 46.5 cm³/mol. The summed E-state index contributed by atoms with van der Waals surface area (Å²) in [7, 11) is 0. The third-order valence-corrected chi connectivity index (χ3v) is 0.707. The Bertz CT molecular complexity index is 32.5. The summed E-state index contributed by atoms with van der Waals surface area (Å²) in [6.07, 6.45) is 4.08. The van der Waals surface area contributed by atoms with Gasteiger partial charge in [-0.2, -0.15) is 0 Å². The summed E-state index contributed by atoms with van der Waals surface area (Å²) in [5, 5.41) is 0. The highest BCUT2D eigenvalue weighted by Crippen LogP contribution is 2.03. The molecule has 3 heteroatoms. The van der Waals surface area contributed by atoms with E-state index in [1.54, 1.807) is 0 Å². The Morgan fingerprint density at radius 3 is 1.22 bits per heavy atom. The van der Waals surface area contributed by atoms with Gasteiger partial charge in [-0.05, 0) is 0 Å². The molecular formula is C6H13Cl3. The Hall–Kier alpha value is 0.870. The summed E-state index contributed by atoms with van der Waals surface area (Å²) in [5.74, 6) is 0. The maximum absolute atomic E-state index is 4.81. The van der Waals surface area contributed by atoms with E-state index in [1.807, 2.05) is 0 Å². The number of hydrogen-bond donors (Lipinski definition) is 0. The second-order valence-corrected chi connectivity index (χ2v) is 3.58. The van der Waals surface area contributed by atoms with Crippen molar-refractivity contribution in [3.8, 4) is 0 Å². The summed E-state index contributed by atoms with van der Waals surface area (Å²) in [5.41, 5.74) is 0. The van der Waals surface area contributed by atoms with E-state index < -0.39 is 4.30 Å². The molecule has 0 amide bonds. The van der Waals surface area contributed by atoms with Gasteiger partial charge in [0.15, 0.2) is 4.30 Å². The smallest absolute Gasteiger partial charge is 0.0874 e. The normalized spacial score (nSPS) is 8.67. The largest absolute Gasteiger partial charge is 0.180 e. The number of hydrogen-bond acceptors (Lipinski definition) is 0. The van der Waals surface area contributed by atoms with Crippen LogP contribution in [0.4, 0.5) is 0 Å². The van der Waals surface area contributed by atoms with Crippen LogP contribution in [0.2, 0.25) is 0 Å². The van der Waals surface area contributed by atoms with E-state index in [0.717, 1.165) is 0 Å². The van der Waals surface area contributed by atoms with E-state index in [4.69, 9.17) is 34.8 Å². The number of alkyl halides is 3. The second kappa shape index (κ2) is 11.6. The van der Waals surface area contributed by atoms with E-state index >= 15 is 0 Å². The fraction of sp³-hybridized carbons (Fsp3) is 1.00. The Balaban J connectivity index is 0. The third-order valence-electron chi connectivity index (χ3n) is 0.707. The van der Waals surface area contributed by atoms with E-state index in [-0.39, 0.29) is 0 Å². The topological polar surface area (TPSA) is 0 Å². The van der Waals surface area contributed by atoms with Gasteiger partial charge in [-0.25, -0.2) is 0 Å². The minimum Gasteiger partial charge on any atom is -0.0874 e. The molecule has 0 aromatic rings. The van der Waals surface area contributed by atoms with Crippen molar-refractivity contribution in [2.75, 3.05) is 0 Å². The molecule has 0 N–H and O–H groups in total. The van der Waals surface area contributed by atoms with Gasteiger partial charge in [-0.1, -0.05) is 67.9 Å². The standard InChI is InChI=1S/C5H12.CHCl3/c1-3-5-4-2;2-1(3)4/h3-5H2,1-2H3;1H. The van der Waals surface area contributed by atoms with Gasteiger partial charge in [-0.3, -0.25) is 0 Å². The molecule has 58 valence electrons. The Kier molecular flexibility index (Phi) is 16.2. The molecule has 0 aromatic heterocycles. The van der Waals surface area contributed by atoms with Crippen LogP contribution in [0, 0.1) is 0 Å². The van der Waals surface area contributed by atoms with Gasteiger partial charge in [0.25, 0.3) is 0 Å². The maximum atomic E-state index is 4.81. The molecule has 0 saturated carbocycles. The molecule has 0 aliphatic carbocycles. The molecular weight excluding hydrogens is 178 g/mol. The molecule has 0 heterocycles. The quantitative estimate of drug-likeness (QED) is 0.575. The maximum Gasteiger partial charge on any atom is 0.180 e. The zero-order valence-electron chi connectivity index (χ0n) is 5.83. The molecule has 0 aromatic carbocycles. The predicted octanol–water partition coefficient (Wildman–Crippen LogP) is 4.18. The first-order valence-corrected chi connectivity index (χ1v) is 4.38. The fourth-order valence-electron chi connectivity index (χ4n) is 0.354. The summed E-state index contributed by atoms with van der Waals surface area (Å²) in [6, 6.07) is 0. The van der Waals surface area contributed by atoms with Crippen LogP contribution in [-0.4, -0.2) is 4.30 Å². The minimum atomic E-state index is -0.750. The first-order valence-electron chi connectivity index (χ1n) is 3.07. The second-order valence-electron chi connectivity index (χ2n) is 1.60. The van der Waals surface area contributed by atoms with Gasteiger partial charge in [0.1, 0.15) is 0 Å². The highest BCUT2D eigenvalue weighted by molar-refractivity contribution is 6.63. The van der Waals surface area contributed by atoms with Gasteiger partial charge < -0.3 is 0 Å². The van der Waals surface area contributed by atoms with Gasteiger partial charge in [0.2, 0.25) is 0 Å². The van der Waals surface area contributed by atoms with Crippen molar-refractivity contribution < 1.29 is 0 Å². The molecule has 0 atom stereocenters. The lowest BCUT2D eigenvalue weighted by Crippen LogP contribution is -1.59. The van der Waals surface area contributed by atoms with Crippen molar-refractivity contribution in [1.82, 2.24) is 0 Å². The molecule has 0 nitrogen and oxygen atoms in total. The van der Waals surface area contributed by atoms with Crippen LogP contribution in [0.1, 0.15) is 33.1 Å². The van der Waals surface area contributed by atoms with Crippen LogP contribution in [0.5, 0.6) is 0 Å². The summed E-state index contributed by atoms with van der Waals surface area (Å²) < 4.78 is -0.750. The van der Waals surface area contributed by atoms with Crippen LogP contribution in [0.15, 0.2) is 0 Å². The average Bonchev–Trinajstić information content (AvgIpc) is 1.66. The minimum absolute atomic E-state index is 0.750. The van der Waals surface area contributed by atoms with Gasteiger partial charge in [0, 0.05) is 0 Å².